The molecule has 0 atom stereocenters. The van der Waals surface area contributed by atoms with Crippen molar-refractivity contribution in [1.29, 1.82) is 0 Å². The Morgan fingerprint density at radius 1 is 1.19 bits per heavy atom. The van der Waals surface area contributed by atoms with E-state index >= 15 is 0 Å². The second-order valence-corrected chi connectivity index (χ2v) is 4.78. The van der Waals surface area contributed by atoms with Crippen molar-refractivity contribution in [2.24, 2.45) is 0 Å². The van der Waals surface area contributed by atoms with Gasteiger partial charge in [-0.3, -0.25) is 0 Å². The van der Waals surface area contributed by atoms with E-state index < -0.39 is 0 Å². The van der Waals surface area contributed by atoms with Crippen LogP contribution in [0.3, 0.4) is 0 Å². The fraction of sp³-hybridized carbons (Fsp3) is 0.333. The van der Waals surface area contributed by atoms with E-state index in [2.05, 4.69) is 68.3 Å². The van der Waals surface area contributed by atoms with Crippen LogP contribution in [0, 0.1) is 0 Å². The van der Waals surface area contributed by atoms with Gasteiger partial charge in [-0.2, -0.15) is 0 Å². The summed E-state index contributed by atoms with van der Waals surface area (Å²) in [5.74, 6) is 0. The Bertz CT molecular complexity index is 452. The lowest BCUT2D eigenvalue weighted by atomic mass is 9.84. The lowest BCUT2D eigenvalue weighted by molar-refractivity contribution is 0.640. The Morgan fingerprint density at radius 2 is 1.88 bits per heavy atom. The van der Waals surface area contributed by atoms with Gasteiger partial charge >= 0.3 is 0 Å². The zero-order valence-corrected chi connectivity index (χ0v) is 10.5. The Kier molecular flexibility index (Phi) is 2.63. The highest BCUT2D eigenvalue weighted by Gasteiger charge is 2.37. The number of hydrogen-bond donors (Lipinski definition) is 0. The summed E-state index contributed by atoms with van der Waals surface area (Å²) in [6.07, 6.45) is 6.39. The minimum absolute atomic E-state index is 0.102. The maximum Gasteiger partial charge on any atom is 0.0447 e. The summed E-state index contributed by atoms with van der Waals surface area (Å²) in [6.45, 7) is 6.61. The maximum atomic E-state index is 2.29. The zero-order valence-electron chi connectivity index (χ0n) is 10.5. The topological polar surface area (TPSA) is 3.24 Å². The lowest BCUT2D eigenvalue weighted by Gasteiger charge is -2.23. The van der Waals surface area contributed by atoms with Crippen LogP contribution < -0.4 is 4.90 Å². The van der Waals surface area contributed by atoms with Gasteiger partial charge in [-0.15, -0.1) is 0 Å². The van der Waals surface area contributed by atoms with Gasteiger partial charge in [0.1, 0.15) is 0 Å². The number of allylic oxidation sites excluding steroid dienone is 4. The van der Waals surface area contributed by atoms with E-state index in [1.165, 1.54) is 16.9 Å². The summed E-state index contributed by atoms with van der Waals surface area (Å²) in [5, 5.41) is 0. The van der Waals surface area contributed by atoms with Crippen molar-refractivity contribution < 1.29 is 0 Å². The highest BCUT2D eigenvalue weighted by molar-refractivity contribution is 5.69. The van der Waals surface area contributed by atoms with E-state index in [-0.39, 0.29) is 5.41 Å². The molecule has 0 saturated heterocycles. The summed E-state index contributed by atoms with van der Waals surface area (Å²) in [5.41, 5.74) is 4.19. The minimum atomic E-state index is 0.102. The molecule has 0 aromatic heterocycles. The molecule has 0 spiro atoms. The van der Waals surface area contributed by atoms with Gasteiger partial charge in [-0.25, -0.2) is 0 Å². The fourth-order valence-corrected chi connectivity index (χ4v) is 2.49. The molecule has 1 aromatic rings. The second-order valence-electron chi connectivity index (χ2n) is 4.78. The molecular formula is C15H19N. The van der Waals surface area contributed by atoms with Crippen molar-refractivity contribution >= 4 is 5.69 Å². The van der Waals surface area contributed by atoms with E-state index in [0.29, 0.717) is 0 Å². The molecule has 0 saturated carbocycles. The molecule has 0 N–H and O–H groups in total. The first kappa shape index (κ1) is 11.0. The van der Waals surface area contributed by atoms with Gasteiger partial charge in [0.05, 0.1) is 0 Å². The third-order valence-corrected chi connectivity index (χ3v) is 3.39. The highest BCUT2D eigenvalue weighted by atomic mass is 15.2. The predicted octanol–water partition coefficient (Wildman–Crippen LogP) is 3.87. The monoisotopic (exact) mass is 213 g/mol. The minimum Gasteiger partial charge on any atom is -0.347 e. The Hall–Kier alpha value is -1.50. The average Bonchev–Trinajstić information content (AvgIpc) is 2.46. The molecule has 0 aliphatic carbocycles. The van der Waals surface area contributed by atoms with Crippen molar-refractivity contribution in [3.05, 3.63) is 53.8 Å². The van der Waals surface area contributed by atoms with Crippen LogP contribution in [0.2, 0.25) is 0 Å². The van der Waals surface area contributed by atoms with Gasteiger partial charge in [0.2, 0.25) is 0 Å². The first-order valence-corrected chi connectivity index (χ1v) is 5.75. The van der Waals surface area contributed by atoms with Gasteiger partial charge in [0, 0.05) is 23.8 Å². The van der Waals surface area contributed by atoms with Gasteiger partial charge in [-0.1, -0.05) is 44.2 Å². The number of anilines is 1. The van der Waals surface area contributed by atoms with E-state index in [1.807, 2.05) is 6.92 Å². The zero-order chi connectivity index (χ0) is 11.8. The largest absolute Gasteiger partial charge is 0.347 e. The van der Waals surface area contributed by atoms with Crippen LogP contribution >= 0.6 is 0 Å². The summed E-state index contributed by atoms with van der Waals surface area (Å²) in [7, 11) is 2.14. The number of rotatable bonds is 1. The molecule has 1 heterocycles. The van der Waals surface area contributed by atoms with Gasteiger partial charge < -0.3 is 4.90 Å². The van der Waals surface area contributed by atoms with Gasteiger partial charge in [0.15, 0.2) is 0 Å². The van der Waals surface area contributed by atoms with E-state index in [4.69, 9.17) is 0 Å². The number of benzene rings is 1. The SMILES string of the molecule is C/C=C/C=C1\N(C)c2ccccc2C1(C)C. The van der Waals surface area contributed by atoms with Crippen LogP contribution in [0.5, 0.6) is 0 Å². The number of para-hydroxylation sites is 1. The van der Waals surface area contributed by atoms with E-state index in [1.54, 1.807) is 0 Å². The van der Waals surface area contributed by atoms with Crippen LogP contribution in [0.25, 0.3) is 0 Å². The van der Waals surface area contributed by atoms with E-state index in [0.717, 1.165) is 0 Å². The van der Waals surface area contributed by atoms with Crippen molar-refractivity contribution in [3.63, 3.8) is 0 Å². The van der Waals surface area contributed by atoms with Gasteiger partial charge in [-0.05, 0) is 24.6 Å². The second kappa shape index (κ2) is 3.82. The maximum absolute atomic E-state index is 2.29. The van der Waals surface area contributed by atoms with Crippen molar-refractivity contribution in [3.8, 4) is 0 Å². The molecule has 0 amide bonds. The highest BCUT2D eigenvalue weighted by Crippen LogP contribution is 2.46. The lowest BCUT2D eigenvalue weighted by Crippen LogP contribution is -2.22. The molecule has 0 radical (unpaired) electrons. The quantitative estimate of drug-likeness (QED) is 0.684. The molecule has 1 aliphatic rings. The smallest absolute Gasteiger partial charge is 0.0447 e. The summed E-state index contributed by atoms with van der Waals surface area (Å²) in [4.78, 5) is 2.29. The molecule has 84 valence electrons. The molecule has 16 heavy (non-hydrogen) atoms. The summed E-state index contributed by atoms with van der Waals surface area (Å²) >= 11 is 0. The third-order valence-electron chi connectivity index (χ3n) is 3.39. The fourth-order valence-electron chi connectivity index (χ4n) is 2.49. The first-order chi connectivity index (χ1) is 7.59. The summed E-state index contributed by atoms with van der Waals surface area (Å²) < 4.78 is 0. The predicted molar refractivity (Wildman–Crippen MR) is 70.8 cm³/mol. The van der Waals surface area contributed by atoms with Crippen LogP contribution in [0.15, 0.2) is 48.2 Å². The number of hydrogen-bond acceptors (Lipinski definition) is 1. The molecule has 1 aromatic carbocycles. The Labute approximate surface area is 98.1 Å². The Morgan fingerprint density at radius 3 is 2.50 bits per heavy atom. The van der Waals surface area contributed by atoms with Crippen LogP contribution in [-0.4, -0.2) is 7.05 Å². The summed E-state index contributed by atoms with van der Waals surface area (Å²) in [6, 6.07) is 8.63. The molecule has 1 nitrogen and oxygen atoms in total. The number of nitrogens with zero attached hydrogens (tertiary/aromatic N) is 1. The average molecular weight is 213 g/mol. The molecule has 1 aliphatic heterocycles. The molecule has 1 heteroatoms. The van der Waals surface area contributed by atoms with Crippen molar-refractivity contribution in [2.75, 3.05) is 11.9 Å². The molecule has 0 bridgehead atoms. The van der Waals surface area contributed by atoms with E-state index in [9.17, 15) is 0 Å². The first-order valence-electron chi connectivity index (χ1n) is 5.75. The van der Waals surface area contributed by atoms with Gasteiger partial charge in [0.25, 0.3) is 0 Å². The van der Waals surface area contributed by atoms with Crippen LogP contribution in [-0.2, 0) is 5.41 Å². The standard InChI is InChI=1S/C15H19N/c1-5-6-11-14-15(2,3)12-9-7-8-10-13(12)16(14)4/h5-11H,1-4H3/b6-5+,14-11-. The normalized spacial score (nSPS) is 20.8. The third kappa shape index (κ3) is 1.47. The molecule has 0 fully saturated rings. The Balaban J connectivity index is 2.57. The van der Waals surface area contributed by atoms with Crippen LogP contribution in [0.4, 0.5) is 5.69 Å². The molecule has 2 rings (SSSR count). The number of likely N-dealkylation sites (N-methyl/N-ethyl adjacent to an activating group) is 1. The number of fused-ring (bicyclic) bond motifs is 1. The molecular weight excluding hydrogens is 194 g/mol. The van der Waals surface area contributed by atoms with Crippen LogP contribution in [0.1, 0.15) is 26.3 Å². The molecule has 0 unspecified atom stereocenters. The van der Waals surface area contributed by atoms with Crippen molar-refractivity contribution in [1.82, 2.24) is 0 Å². The van der Waals surface area contributed by atoms with Crippen molar-refractivity contribution in [2.45, 2.75) is 26.2 Å².